The largest absolute Gasteiger partial charge is 0.495 e. The Balaban J connectivity index is 1.82. The molecule has 1 amide bonds. The fraction of sp³-hybridized carbons (Fsp3) is 0.211. The third-order valence-corrected chi connectivity index (χ3v) is 5.85. The van der Waals surface area contributed by atoms with Gasteiger partial charge in [0.1, 0.15) is 5.75 Å². The minimum Gasteiger partial charge on any atom is -0.495 e. The maximum atomic E-state index is 12.9. The van der Waals surface area contributed by atoms with Crippen LogP contribution in [0.15, 0.2) is 57.9 Å². The number of aromatic nitrogens is 2. The van der Waals surface area contributed by atoms with Crippen LogP contribution in [0.5, 0.6) is 5.75 Å². The fourth-order valence-corrected chi connectivity index (χ4v) is 3.76. The highest BCUT2D eigenvalue weighted by atomic mass is 32.2. The van der Waals surface area contributed by atoms with Crippen molar-refractivity contribution in [3.8, 4) is 17.1 Å². The highest BCUT2D eigenvalue weighted by Crippen LogP contribution is 2.29. The standard InChI is InChI=1S/C19H20N4O5S/c1-13(24)20-16-11-15(9-10-17(16)27-3)29(25,26)23(2)12-18-21-19(22-28-18)14-7-5-4-6-8-14/h4-11H,12H2,1-3H3,(H,20,24). The van der Waals surface area contributed by atoms with E-state index < -0.39 is 10.0 Å². The number of carbonyl (C=O) groups is 1. The van der Waals surface area contributed by atoms with Gasteiger partial charge in [-0.3, -0.25) is 4.79 Å². The lowest BCUT2D eigenvalue weighted by Gasteiger charge is -2.17. The summed E-state index contributed by atoms with van der Waals surface area (Å²) in [6.45, 7) is 1.22. The van der Waals surface area contributed by atoms with Crippen LogP contribution < -0.4 is 10.1 Å². The van der Waals surface area contributed by atoms with Crippen molar-refractivity contribution in [1.29, 1.82) is 0 Å². The van der Waals surface area contributed by atoms with E-state index in [4.69, 9.17) is 9.26 Å². The van der Waals surface area contributed by atoms with E-state index in [0.29, 0.717) is 11.6 Å². The number of hydrogen-bond donors (Lipinski definition) is 1. The Bertz CT molecular complexity index is 1110. The second-order valence-corrected chi connectivity index (χ2v) is 8.23. The minimum absolute atomic E-state index is 0.00709. The molecule has 1 aromatic heterocycles. The monoisotopic (exact) mass is 416 g/mol. The predicted octanol–water partition coefficient (Wildman–Crippen LogP) is 2.52. The van der Waals surface area contributed by atoms with Crippen molar-refractivity contribution >= 4 is 21.6 Å². The third-order valence-electron chi connectivity index (χ3n) is 4.05. The van der Waals surface area contributed by atoms with Gasteiger partial charge in [0.2, 0.25) is 27.6 Å². The van der Waals surface area contributed by atoms with Gasteiger partial charge in [0.15, 0.2) is 0 Å². The first kappa shape index (κ1) is 20.5. The summed E-state index contributed by atoms with van der Waals surface area (Å²) < 4.78 is 37.3. The highest BCUT2D eigenvalue weighted by Gasteiger charge is 2.24. The maximum absolute atomic E-state index is 12.9. The van der Waals surface area contributed by atoms with Crippen molar-refractivity contribution in [2.24, 2.45) is 0 Å². The van der Waals surface area contributed by atoms with Gasteiger partial charge in [-0.25, -0.2) is 8.42 Å². The lowest BCUT2D eigenvalue weighted by Crippen LogP contribution is -2.26. The van der Waals surface area contributed by atoms with Gasteiger partial charge >= 0.3 is 0 Å². The third kappa shape index (κ3) is 4.61. The van der Waals surface area contributed by atoms with E-state index in [1.807, 2.05) is 30.3 Å². The summed E-state index contributed by atoms with van der Waals surface area (Å²) in [7, 11) is -1.04. The zero-order chi connectivity index (χ0) is 21.0. The molecule has 0 spiro atoms. The molecule has 1 N–H and O–H groups in total. The van der Waals surface area contributed by atoms with Crippen LogP contribution in [0.4, 0.5) is 5.69 Å². The molecule has 0 saturated heterocycles. The molecule has 1 heterocycles. The van der Waals surface area contributed by atoms with Crippen LogP contribution in [0.25, 0.3) is 11.4 Å². The average molecular weight is 416 g/mol. The molecule has 0 aliphatic rings. The van der Waals surface area contributed by atoms with Crippen molar-refractivity contribution in [3.63, 3.8) is 0 Å². The summed E-state index contributed by atoms with van der Waals surface area (Å²) in [5.41, 5.74) is 1.03. The average Bonchev–Trinajstić information content (AvgIpc) is 3.16. The van der Waals surface area contributed by atoms with E-state index in [1.165, 1.54) is 39.3 Å². The van der Waals surface area contributed by atoms with Gasteiger partial charge in [-0.1, -0.05) is 35.5 Å². The number of methoxy groups -OCH3 is 1. The van der Waals surface area contributed by atoms with Crippen molar-refractivity contribution in [3.05, 3.63) is 54.4 Å². The quantitative estimate of drug-likeness (QED) is 0.629. The molecular formula is C19H20N4O5S. The number of nitrogens with zero attached hydrogens (tertiary/aromatic N) is 3. The molecule has 0 atom stereocenters. The van der Waals surface area contributed by atoms with Crippen molar-refractivity contribution < 1.29 is 22.5 Å². The Morgan fingerprint density at radius 1 is 1.21 bits per heavy atom. The number of amides is 1. The van der Waals surface area contributed by atoms with Crippen LogP contribution in [0, 0.1) is 0 Å². The molecule has 29 heavy (non-hydrogen) atoms. The maximum Gasteiger partial charge on any atom is 0.243 e. The molecule has 2 aromatic carbocycles. The van der Waals surface area contributed by atoms with Gasteiger partial charge in [-0.05, 0) is 18.2 Å². The van der Waals surface area contributed by atoms with E-state index in [1.54, 1.807) is 0 Å². The number of nitrogens with one attached hydrogen (secondary N) is 1. The second-order valence-electron chi connectivity index (χ2n) is 6.18. The summed E-state index contributed by atoms with van der Waals surface area (Å²) in [6.07, 6.45) is 0. The molecule has 152 valence electrons. The molecular weight excluding hydrogens is 396 g/mol. The number of ether oxygens (including phenoxy) is 1. The van der Waals surface area contributed by atoms with Crippen molar-refractivity contribution in [2.75, 3.05) is 19.5 Å². The summed E-state index contributed by atoms with van der Waals surface area (Å²) in [5.74, 6) is 0.547. The molecule has 0 aliphatic carbocycles. The van der Waals surface area contributed by atoms with Crippen LogP contribution in [0.1, 0.15) is 12.8 Å². The van der Waals surface area contributed by atoms with Gasteiger partial charge in [0.25, 0.3) is 0 Å². The van der Waals surface area contributed by atoms with Gasteiger partial charge in [-0.15, -0.1) is 0 Å². The first-order chi connectivity index (χ1) is 13.8. The van der Waals surface area contributed by atoms with Crippen LogP contribution >= 0.6 is 0 Å². The van der Waals surface area contributed by atoms with E-state index >= 15 is 0 Å². The molecule has 0 fully saturated rings. The molecule has 0 aliphatic heterocycles. The summed E-state index contributed by atoms with van der Waals surface area (Å²) >= 11 is 0. The molecule has 3 rings (SSSR count). The Labute approximate surface area is 168 Å². The molecule has 0 bridgehead atoms. The number of hydrogen-bond acceptors (Lipinski definition) is 7. The van der Waals surface area contributed by atoms with Crippen LogP contribution in [-0.2, 0) is 21.4 Å². The van der Waals surface area contributed by atoms with E-state index in [0.717, 1.165) is 9.87 Å². The molecule has 9 nitrogen and oxygen atoms in total. The normalized spacial score (nSPS) is 11.4. The SMILES string of the molecule is COc1ccc(S(=O)(=O)N(C)Cc2nc(-c3ccccc3)no2)cc1NC(C)=O. The second kappa shape index (κ2) is 8.41. The van der Waals surface area contributed by atoms with Crippen molar-refractivity contribution in [2.45, 2.75) is 18.4 Å². The molecule has 10 heteroatoms. The number of sulfonamides is 1. The van der Waals surface area contributed by atoms with E-state index in [-0.39, 0.29) is 28.9 Å². The van der Waals surface area contributed by atoms with Gasteiger partial charge < -0.3 is 14.6 Å². The number of rotatable bonds is 7. The predicted molar refractivity (Wildman–Crippen MR) is 106 cm³/mol. The Morgan fingerprint density at radius 2 is 1.93 bits per heavy atom. The number of carbonyl (C=O) groups excluding carboxylic acids is 1. The van der Waals surface area contributed by atoms with Crippen molar-refractivity contribution in [1.82, 2.24) is 14.4 Å². The van der Waals surface area contributed by atoms with Gasteiger partial charge in [0.05, 0.1) is 24.2 Å². The Kier molecular flexibility index (Phi) is 5.95. The minimum atomic E-state index is -3.88. The lowest BCUT2D eigenvalue weighted by atomic mass is 10.2. The Morgan fingerprint density at radius 3 is 2.59 bits per heavy atom. The number of benzene rings is 2. The zero-order valence-electron chi connectivity index (χ0n) is 16.1. The van der Waals surface area contributed by atoms with Crippen LogP contribution in [0.2, 0.25) is 0 Å². The topological polar surface area (TPSA) is 115 Å². The molecule has 0 unspecified atom stereocenters. The first-order valence-corrected chi connectivity index (χ1v) is 10.0. The summed E-state index contributed by atoms with van der Waals surface area (Å²) in [4.78, 5) is 15.6. The number of anilines is 1. The lowest BCUT2D eigenvalue weighted by molar-refractivity contribution is -0.114. The molecule has 0 saturated carbocycles. The highest BCUT2D eigenvalue weighted by molar-refractivity contribution is 7.89. The zero-order valence-corrected chi connectivity index (χ0v) is 16.9. The first-order valence-electron chi connectivity index (χ1n) is 8.61. The summed E-state index contributed by atoms with van der Waals surface area (Å²) in [5, 5.41) is 6.45. The van der Waals surface area contributed by atoms with Gasteiger partial charge in [0, 0.05) is 19.5 Å². The van der Waals surface area contributed by atoms with Crippen LogP contribution in [-0.4, -0.2) is 42.9 Å². The molecule has 3 aromatic rings. The summed E-state index contributed by atoms with van der Waals surface area (Å²) in [6, 6.07) is 13.4. The van der Waals surface area contributed by atoms with E-state index in [9.17, 15) is 13.2 Å². The van der Waals surface area contributed by atoms with Gasteiger partial charge in [-0.2, -0.15) is 9.29 Å². The van der Waals surface area contributed by atoms with E-state index in [2.05, 4.69) is 15.5 Å². The molecule has 0 radical (unpaired) electrons. The fourth-order valence-electron chi connectivity index (χ4n) is 2.61. The Hall–Kier alpha value is -3.24. The van der Waals surface area contributed by atoms with Crippen LogP contribution in [0.3, 0.4) is 0 Å². The smallest absolute Gasteiger partial charge is 0.243 e.